The molecular formula is C17H18N6O. The lowest BCUT2D eigenvalue weighted by Gasteiger charge is -2.09. The Morgan fingerprint density at radius 1 is 1.33 bits per heavy atom. The third-order valence-corrected chi connectivity index (χ3v) is 3.32. The van der Waals surface area contributed by atoms with E-state index in [1.54, 1.807) is 18.3 Å². The minimum atomic E-state index is 0.0286. The van der Waals surface area contributed by atoms with Gasteiger partial charge in [0.2, 0.25) is 0 Å². The molecule has 0 aliphatic rings. The molecule has 122 valence electrons. The molecule has 0 aliphatic carbocycles. The highest BCUT2D eigenvalue weighted by Crippen LogP contribution is 2.23. The van der Waals surface area contributed by atoms with Crippen LogP contribution in [0.5, 0.6) is 5.75 Å². The summed E-state index contributed by atoms with van der Waals surface area (Å²) in [6.45, 7) is 7.66. The normalized spacial score (nSPS) is 11.9. The van der Waals surface area contributed by atoms with Crippen molar-refractivity contribution >= 4 is 22.5 Å². The van der Waals surface area contributed by atoms with E-state index >= 15 is 0 Å². The van der Waals surface area contributed by atoms with Gasteiger partial charge in [0.05, 0.1) is 17.3 Å². The summed E-state index contributed by atoms with van der Waals surface area (Å²) in [6.07, 6.45) is 3.33. The highest BCUT2D eigenvalue weighted by atomic mass is 16.5. The van der Waals surface area contributed by atoms with E-state index in [1.165, 1.54) is 0 Å². The van der Waals surface area contributed by atoms with Crippen LogP contribution in [-0.2, 0) is 0 Å². The summed E-state index contributed by atoms with van der Waals surface area (Å²) < 4.78 is 5.71. The number of aromatic amines is 2. The number of nitrogens with zero attached hydrogens (tertiary/aromatic N) is 3. The first-order chi connectivity index (χ1) is 11.6. The summed E-state index contributed by atoms with van der Waals surface area (Å²) in [5.74, 6) is 0.758. The van der Waals surface area contributed by atoms with Crippen molar-refractivity contribution in [2.75, 3.05) is 0 Å². The van der Waals surface area contributed by atoms with Gasteiger partial charge in [-0.25, -0.2) is 4.99 Å². The Bertz CT molecular complexity index is 904. The Hall–Kier alpha value is -3.22. The van der Waals surface area contributed by atoms with E-state index in [0.29, 0.717) is 17.1 Å². The van der Waals surface area contributed by atoms with Crippen molar-refractivity contribution in [3.63, 3.8) is 0 Å². The molecule has 3 aromatic rings. The topological polar surface area (TPSA) is 103 Å². The Balaban J connectivity index is 1.99. The molecule has 0 atom stereocenters. The van der Waals surface area contributed by atoms with Crippen LogP contribution in [0.4, 0.5) is 0 Å². The number of aliphatic imine (C=N–C) groups is 1. The van der Waals surface area contributed by atoms with Crippen LogP contribution >= 0.6 is 0 Å². The Morgan fingerprint density at radius 3 is 2.83 bits per heavy atom. The Labute approximate surface area is 139 Å². The average molecular weight is 322 g/mol. The fraction of sp³-hybridized carbons (Fsp3) is 0.176. The van der Waals surface area contributed by atoms with Crippen molar-refractivity contribution in [3.8, 4) is 5.75 Å². The van der Waals surface area contributed by atoms with Crippen LogP contribution in [0.25, 0.3) is 10.9 Å². The number of rotatable bonds is 5. The van der Waals surface area contributed by atoms with Crippen molar-refractivity contribution in [1.82, 2.24) is 20.4 Å². The van der Waals surface area contributed by atoms with Crippen LogP contribution in [0.1, 0.15) is 25.2 Å². The van der Waals surface area contributed by atoms with E-state index in [0.717, 1.165) is 16.7 Å². The maximum absolute atomic E-state index is 8.28. The van der Waals surface area contributed by atoms with Crippen molar-refractivity contribution in [3.05, 3.63) is 54.5 Å². The number of aromatic nitrogens is 4. The maximum atomic E-state index is 8.28. The van der Waals surface area contributed by atoms with Gasteiger partial charge in [-0.1, -0.05) is 6.58 Å². The number of ether oxygens (including phenoxy) is 1. The minimum absolute atomic E-state index is 0.0286. The molecule has 24 heavy (non-hydrogen) atoms. The molecular weight excluding hydrogens is 304 g/mol. The van der Waals surface area contributed by atoms with Gasteiger partial charge in [0.25, 0.3) is 0 Å². The zero-order valence-electron chi connectivity index (χ0n) is 13.5. The summed E-state index contributed by atoms with van der Waals surface area (Å²) >= 11 is 0. The number of hydrogen-bond donors (Lipinski definition) is 3. The molecule has 7 nitrogen and oxygen atoms in total. The Morgan fingerprint density at radius 2 is 2.17 bits per heavy atom. The lowest BCUT2D eigenvalue weighted by Crippen LogP contribution is -2.06. The van der Waals surface area contributed by atoms with Gasteiger partial charge in [0, 0.05) is 11.6 Å². The standard InChI is InChI=1S/C17H18N6O/c1-4-13(15-7-8-19-21-15)20-17(18)16-12-9-11(24-10(2)3)5-6-14(12)22-23-16/h4-10,18H,1H2,2-3H3,(H,19,21)(H,22,23)/b18-17?,20-13+. The van der Waals surface area contributed by atoms with Crippen LogP contribution in [0.3, 0.4) is 0 Å². The summed E-state index contributed by atoms with van der Waals surface area (Å²) in [5, 5.41) is 23.0. The molecule has 0 amide bonds. The van der Waals surface area contributed by atoms with Gasteiger partial charge in [-0.2, -0.15) is 10.2 Å². The zero-order chi connectivity index (χ0) is 17.1. The lowest BCUT2D eigenvalue weighted by molar-refractivity contribution is 0.243. The fourth-order valence-electron chi connectivity index (χ4n) is 2.30. The van der Waals surface area contributed by atoms with Gasteiger partial charge >= 0.3 is 0 Å². The van der Waals surface area contributed by atoms with Gasteiger partial charge in [-0.05, 0) is 44.2 Å². The van der Waals surface area contributed by atoms with E-state index < -0.39 is 0 Å². The quantitative estimate of drug-likeness (QED) is 0.497. The molecule has 1 aromatic carbocycles. The number of fused-ring (bicyclic) bond motifs is 1. The first kappa shape index (κ1) is 15.7. The minimum Gasteiger partial charge on any atom is -0.491 e. The largest absolute Gasteiger partial charge is 0.491 e. The number of benzene rings is 1. The molecule has 3 rings (SSSR count). The van der Waals surface area contributed by atoms with Crippen LogP contribution in [0.2, 0.25) is 0 Å². The number of allylic oxidation sites excluding steroid dienone is 1. The van der Waals surface area contributed by atoms with Crippen LogP contribution in [0, 0.1) is 5.41 Å². The highest BCUT2D eigenvalue weighted by Gasteiger charge is 2.13. The highest BCUT2D eigenvalue weighted by molar-refractivity contribution is 6.17. The van der Waals surface area contributed by atoms with Crippen molar-refractivity contribution in [2.45, 2.75) is 20.0 Å². The van der Waals surface area contributed by atoms with E-state index in [9.17, 15) is 0 Å². The van der Waals surface area contributed by atoms with Gasteiger partial charge in [0.15, 0.2) is 5.84 Å². The number of nitrogens with one attached hydrogen (secondary N) is 3. The van der Waals surface area contributed by atoms with Gasteiger partial charge in [-0.15, -0.1) is 0 Å². The molecule has 0 radical (unpaired) electrons. The van der Waals surface area contributed by atoms with E-state index in [1.807, 2.05) is 32.0 Å². The lowest BCUT2D eigenvalue weighted by atomic mass is 10.2. The predicted molar refractivity (Wildman–Crippen MR) is 94.0 cm³/mol. The molecule has 0 saturated heterocycles. The second-order valence-electron chi connectivity index (χ2n) is 5.46. The first-order valence-electron chi connectivity index (χ1n) is 7.53. The number of hydrogen-bond acceptors (Lipinski definition) is 4. The fourth-order valence-corrected chi connectivity index (χ4v) is 2.30. The second-order valence-corrected chi connectivity index (χ2v) is 5.46. The molecule has 0 fully saturated rings. The Kier molecular flexibility index (Phi) is 4.24. The monoisotopic (exact) mass is 322 g/mol. The van der Waals surface area contributed by atoms with Gasteiger partial charge < -0.3 is 4.74 Å². The molecule has 3 N–H and O–H groups in total. The molecule has 0 aliphatic heterocycles. The molecule has 2 aromatic heterocycles. The summed E-state index contributed by atoms with van der Waals surface area (Å²) in [5.41, 5.74) is 2.40. The molecule has 2 heterocycles. The zero-order valence-corrected chi connectivity index (χ0v) is 13.5. The second kappa shape index (κ2) is 6.49. The maximum Gasteiger partial charge on any atom is 0.173 e. The van der Waals surface area contributed by atoms with E-state index in [2.05, 4.69) is 32.0 Å². The molecule has 0 saturated carbocycles. The average Bonchev–Trinajstić information content (AvgIpc) is 3.21. The SMILES string of the molecule is C=C/C(=N\C(=N)c1n[nH]c2ccc(OC(C)C)cc12)c1cc[nH]n1. The summed E-state index contributed by atoms with van der Waals surface area (Å²) in [4.78, 5) is 4.30. The van der Waals surface area contributed by atoms with Crippen molar-refractivity contribution in [1.29, 1.82) is 5.41 Å². The molecule has 0 bridgehead atoms. The number of H-pyrrole nitrogens is 2. The smallest absolute Gasteiger partial charge is 0.173 e. The number of amidine groups is 1. The third-order valence-electron chi connectivity index (χ3n) is 3.32. The van der Waals surface area contributed by atoms with Crippen LogP contribution in [-0.4, -0.2) is 38.0 Å². The van der Waals surface area contributed by atoms with Gasteiger partial charge in [0.1, 0.15) is 17.1 Å². The third kappa shape index (κ3) is 3.10. The van der Waals surface area contributed by atoms with E-state index in [4.69, 9.17) is 10.1 Å². The molecule has 0 unspecified atom stereocenters. The van der Waals surface area contributed by atoms with Crippen molar-refractivity contribution in [2.24, 2.45) is 4.99 Å². The summed E-state index contributed by atoms with van der Waals surface area (Å²) in [6, 6.07) is 7.38. The van der Waals surface area contributed by atoms with Gasteiger partial charge in [-0.3, -0.25) is 15.6 Å². The first-order valence-corrected chi connectivity index (χ1v) is 7.53. The molecule has 0 spiro atoms. The molecule has 7 heteroatoms. The van der Waals surface area contributed by atoms with Crippen LogP contribution < -0.4 is 4.74 Å². The predicted octanol–water partition coefficient (Wildman–Crippen LogP) is 3.07. The summed E-state index contributed by atoms with van der Waals surface area (Å²) in [7, 11) is 0. The van der Waals surface area contributed by atoms with Crippen molar-refractivity contribution < 1.29 is 4.74 Å². The van der Waals surface area contributed by atoms with E-state index in [-0.39, 0.29) is 11.9 Å². The van der Waals surface area contributed by atoms with Crippen LogP contribution in [0.15, 0.2) is 48.1 Å².